The normalized spacial score (nSPS) is 32.9. The molecule has 2 aromatic rings. The van der Waals surface area contributed by atoms with E-state index in [4.69, 9.17) is 15.2 Å². The Morgan fingerprint density at radius 1 is 1.46 bits per heavy atom. The van der Waals surface area contributed by atoms with Crippen LogP contribution in [0.1, 0.15) is 17.4 Å². The van der Waals surface area contributed by atoms with Crippen molar-refractivity contribution in [2.24, 2.45) is 5.73 Å². The molecule has 2 aliphatic rings. The van der Waals surface area contributed by atoms with Crippen LogP contribution in [-0.2, 0) is 15.1 Å². The van der Waals surface area contributed by atoms with Crippen molar-refractivity contribution in [3.63, 3.8) is 0 Å². The van der Waals surface area contributed by atoms with Gasteiger partial charge in [0.25, 0.3) is 5.56 Å². The van der Waals surface area contributed by atoms with E-state index in [-0.39, 0.29) is 13.2 Å². The topological polar surface area (TPSA) is 120 Å². The smallest absolute Gasteiger partial charge is 0.330 e. The second-order valence-electron chi connectivity index (χ2n) is 6.71. The van der Waals surface area contributed by atoms with Crippen molar-refractivity contribution in [3.05, 3.63) is 66.9 Å². The van der Waals surface area contributed by atoms with Gasteiger partial charge in [0.1, 0.15) is 11.7 Å². The summed E-state index contributed by atoms with van der Waals surface area (Å²) in [6.45, 7) is 1.71. The van der Waals surface area contributed by atoms with Crippen molar-refractivity contribution in [1.82, 2.24) is 9.55 Å². The molecule has 0 aliphatic carbocycles. The standard InChI is InChI=1S/C17H18BrN3O5/c1-9-6-21(15(24)20-12(9)22)14-17(10-3-2-4-11(18)5-10)13(23)16(7-19,26-14)8-25-17/h2-6,13-14,23H,7-8,19H2,1H3,(H,20,22,24)/t13-,14-,16+,17?/m1/s1. The number of aromatic nitrogens is 2. The first-order valence-electron chi connectivity index (χ1n) is 8.12. The van der Waals surface area contributed by atoms with Crippen molar-refractivity contribution in [1.29, 1.82) is 0 Å². The Bertz CT molecular complexity index is 989. The molecule has 4 rings (SSSR count). The first kappa shape index (κ1) is 17.6. The van der Waals surface area contributed by atoms with Crippen LogP contribution in [0, 0.1) is 6.92 Å². The summed E-state index contributed by atoms with van der Waals surface area (Å²) >= 11 is 3.42. The maximum absolute atomic E-state index is 12.4. The minimum atomic E-state index is -1.32. The average molecular weight is 424 g/mol. The number of ether oxygens (including phenoxy) is 2. The summed E-state index contributed by atoms with van der Waals surface area (Å²) in [6.07, 6.45) is -0.655. The SMILES string of the molecule is Cc1cn([C@@H]2O[C@@]3(CN)COC2(c2cccc(Br)c2)[C@@H]3O)c(=O)[nH]c1=O. The Morgan fingerprint density at radius 2 is 2.23 bits per heavy atom. The zero-order chi connectivity index (χ0) is 18.7. The summed E-state index contributed by atoms with van der Waals surface area (Å²) in [6, 6.07) is 7.26. The molecule has 0 amide bonds. The van der Waals surface area contributed by atoms with Gasteiger partial charge in [0.05, 0.1) is 6.61 Å². The molecule has 26 heavy (non-hydrogen) atoms. The Balaban J connectivity index is 1.96. The van der Waals surface area contributed by atoms with Crippen LogP contribution in [0.2, 0.25) is 0 Å². The molecular weight excluding hydrogens is 406 g/mol. The lowest BCUT2D eigenvalue weighted by Crippen LogP contribution is -2.47. The number of halogens is 1. The Labute approximate surface area is 156 Å². The summed E-state index contributed by atoms with van der Waals surface area (Å²) in [4.78, 5) is 26.4. The predicted octanol–water partition coefficient (Wildman–Crippen LogP) is 0.120. The Kier molecular flexibility index (Phi) is 3.97. The third-order valence-electron chi connectivity index (χ3n) is 5.19. The highest BCUT2D eigenvalue weighted by molar-refractivity contribution is 9.10. The number of nitrogens with zero attached hydrogens (tertiary/aromatic N) is 1. The van der Waals surface area contributed by atoms with E-state index in [1.807, 2.05) is 12.1 Å². The highest BCUT2D eigenvalue weighted by Gasteiger charge is 2.71. The second-order valence-corrected chi connectivity index (χ2v) is 7.63. The fourth-order valence-electron chi connectivity index (χ4n) is 3.76. The number of benzene rings is 1. The number of aliphatic hydroxyl groups is 1. The van der Waals surface area contributed by atoms with Crippen molar-refractivity contribution in [3.8, 4) is 0 Å². The van der Waals surface area contributed by atoms with E-state index in [9.17, 15) is 14.7 Å². The van der Waals surface area contributed by atoms with Crippen LogP contribution < -0.4 is 17.0 Å². The monoisotopic (exact) mass is 423 g/mol. The molecule has 1 aromatic carbocycles. The fraction of sp³-hybridized carbons (Fsp3) is 0.412. The van der Waals surface area contributed by atoms with Crippen molar-refractivity contribution in [2.45, 2.75) is 30.5 Å². The summed E-state index contributed by atoms with van der Waals surface area (Å²) in [5.74, 6) is 0. The molecule has 1 aromatic heterocycles. The molecule has 3 heterocycles. The van der Waals surface area contributed by atoms with Gasteiger partial charge in [-0.3, -0.25) is 14.3 Å². The van der Waals surface area contributed by atoms with Gasteiger partial charge in [0, 0.05) is 22.8 Å². The molecule has 2 bridgehead atoms. The van der Waals surface area contributed by atoms with Gasteiger partial charge in [-0.15, -0.1) is 0 Å². The van der Waals surface area contributed by atoms with Crippen molar-refractivity contribution in [2.75, 3.05) is 13.2 Å². The zero-order valence-electron chi connectivity index (χ0n) is 13.9. The number of hydrogen-bond acceptors (Lipinski definition) is 6. The van der Waals surface area contributed by atoms with E-state index in [2.05, 4.69) is 20.9 Å². The number of rotatable bonds is 3. The van der Waals surface area contributed by atoms with Crippen molar-refractivity contribution < 1.29 is 14.6 Å². The minimum Gasteiger partial charge on any atom is -0.386 e. The molecule has 2 fully saturated rings. The van der Waals surface area contributed by atoms with Gasteiger partial charge in [-0.05, 0) is 24.6 Å². The first-order chi connectivity index (χ1) is 12.3. The molecular formula is C17H18BrN3O5. The Morgan fingerprint density at radius 3 is 2.92 bits per heavy atom. The van der Waals surface area contributed by atoms with E-state index < -0.39 is 34.8 Å². The van der Waals surface area contributed by atoms with Crippen LogP contribution >= 0.6 is 15.9 Å². The molecule has 8 nitrogen and oxygen atoms in total. The third kappa shape index (κ3) is 2.21. The zero-order valence-corrected chi connectivity index (χ0v) is 15.5. The average Bonchev–Trinajstić information content (AvgIpc) is 3.05. The van der Waals surface area contributed by atoms with Crippen LogP contribution in [-0.4, -0.2) is 39.5 Å². The highest BCUT2D eigenvalue weighted by atomic mass is 79.9. The lowest BCUT2D eigenvalue weighted by Gasteiger charge is -2.36. The number of aromatic amines is 1. The second kappa shape index (κ2) is 5.86. The van der Waals surface area contributed by atoms with E-state index in [1.54, 1.807) is 19.1 Å². The molecule has 2 aliphatic heterocycles. The fourth-order valence-corrected chi connectivity index (χ4v) is 4.16. The lowest BCUT2D eigenvalue weighted by atomic mass is 9.84. The van der Waals surface area contributed by atoms with E-state index in [1.165, 1.54) is 10.8 Å². The molecule has 0 radical (unpaired) electrons. The summed E-state index contributed by atoms with van der Waals surface area (Å²) in [5, 5.41) is 11.1. The maximum atomic E-state index is 12.4. The van der Waals surface area contributed by atoms with Gasteiger partial charge in [-0.2, -0.15) is 0 Å². The van der Waals surface area contributed by atoms with Gasteiger partial charge in [0.2, 0.25) is 0 Å². The van der Waals surface area contributed by atoms with Gasteiger partial charge in [-0.1, -0.05) is 28.1 Å². The maximum Gasteiger partial charge on any atom is 0.330 e. The van der Waals surface area contributed by atoms with Crippen LogP contribution in [0.4, 0.5) is 0 Å². The van der Waals surface area contributed by atoms with E-state index in [0.717, 1.165) is 4.47 Å². The van der Waals surface area contributed by atoms with Crippen molar-refractivity contribution >= 4 is 15.9 Å². The van der Waals surface area contributed by atoms with Gasteiger partial charge >= 0.3 is 5.69 Å². The summed E-state index contributed by atoms with van der Waals surface area (Å²) in [7, 11) is 0. The van der Waals surface area contributed by atoms with Crippen LogP contribution in [0.5, 0.6) is 0 Å². The molecule has 9 heteroatoms. The molecule has 2 saturated heterocycles. The van der Waals surface area contributed by atoms with E-state index in [0.29, 0.717) is 11.1 Å². The molecule has 138 valence electrons. The third-order valence-corrected chi connectivity index (χ3v) is 5.69. The van der Waals surface area contributed by atoms with Crippen LogP contribution in [0.15, 0.2) is 44.5 Å². The molecule has 1 unspecified atom stereocenters. The molecule has 0 spiro atoms. The van der Waals surface area contributed by atoms with Gasteiger partial charge < -0.3 is 20.3 Å². The first-order valence-corrected chi connectivity index (χ1v) is 8.91. The number of aryl methyl sites for hydroxylation is 1. The van der Waals surface area contributed by atoms with Crippen LogP contribution in [0.25, 0.3) is 0 Å². The molecule has 4 atom stereocenters. The number of nitrogens with one attached hydrogen (secondary N) is 1. The largest absolute Gasteiger partial charge is 0.386 e. The van der Waals surface area contributed by atoms with E-state index >= 15 is 0 Å². The summed E-state index contributed by atoms with van der Waals surface area (Å²) in [5.41, 5.74) is 3.30. The lowest BCUT2D eigenvalue weighted by molar-refractivity contribution is -0.212. The number of hydrogen-bond donors (Lipinski definition) is 3. The van der Waals surface area contributed by atoms with Crippen LogP contribution in [0.3, 0.4) is 0 Å². The molecule has 4 N–H and O–H groups in total. The number of fused-ring (bicyclic) bond motifs is 2. The quantitative estimate of drug-likeness (QED) is 0.644. The molecule has 0 saturated carbocycles. The number of nitrogens with two attached hydrogens (primary N) is 1. The van der Waals surface area contributed by atoms with Gasteiger partial charge in [0.15, 0.2) is 11.8 Å². The predicted molar refractivity (Wildman–Crippen MR) is 95.7 cm³/mol. The highest BCUT2D eigenvalue weighted by Crippen LogP contribution is 2.57. The van der Waals surface area contributed by atoms with Gasteiger partial charge in [-0.25, -0.2) is 4.79 Å². The Hall–Kier alpha value is -1.78. The summed E-state index contributed by atoms with van der Waals surface area (Å²) < 4.78 is 14.2. The number of H-pyrrole nitrogens is 1. The number of aliphatic hydroxyl groups excluding tert-OH is 1. The minimum absolute atomic E-state index is 0.0253.